The fourth-order valence-corrected chi connectivity index (χ4v) is 3.52. The second kappa shape index (κ2) is 5.48. The fourth-order valence-electron chi connectivity index (χ4n) is 1.40. The van der Waals surface area contributed by atoms with E-state index in [9.17, 15) is 0 Å². The smallest absolute Gasteiger partial charge is 0.137 e. The van der Waals surface area contributed by atoms with Crippen LogP contribution in [0, 0.1) is 0 Å². The van der Waals surface area contributed by atoms with E-state index in [1.807, 2.05) is 12.1 Å². The molecule has 17 heavy (non-hydrogen) atoms. The van der Waals surface area contributed by atoms with Gasteiger partial charge in [-0.1, -0.05) is 0 Å². The average Bonchev–Trinajstić information content (AvgIpc) is 2.69. The normalized spacial score (nSPS) is 12.5. The van der Waals surface area contributed by atoms with Gasteiger partial charge in [-0.15, -0.1) is 11.3 Å². The second-order valence-corrected chi connectivity index (χ2v) is 6.66. The lowest BCUT2D eigenvalue weighted by Crippen LogP contribution is -2.10. The van der Waals surface area contributed by atoms with Crippen molar-refractivity contribution in [2.75, 3.05) is 7.11 Å². The number of nitrogens with two attached hydrogens (primary N) is 1. The van der Waals surface area contributed by atoms with Crippen LogP contribution in [-0.4, -0.2) is 12.1 Å². The third-order valence-electron chi connectivity index (χ3n) is 2.30. The molecule has 90 valence electrons. The van der Waals surface area contributed by atoms with E-state index in [1.165, 1.54) is 0 Å². The maximum atomic E-state index is 6.20. The van der Waals surface area contributed by atoms with Gasteiger partial charge in [0.2, 0.25) is 0 Å². The highest BCUT2D eigenvalue weighted by molar-refractivity contribution is 9.13. The molecule has 1 atom stereocenters. The SMILES string of the molecule is COc1cncc(C(N)c2cc(Br)c(Br)s2)c1. The minimum atomic E-state index is -0.190. The number of aromatic nitrogens is 1. The van der Waals surface area contributed by atoms with E-state index < -0.39 is 0 Å². The monoisotopic (exact) mass is 376 g/mol. The van der Waals surface area contributed by atoms with Crippen molar-refractivity contribution in [1.29, 1.82) is 0 Å². The molecule has 0 aromatic carbocycles. The summed E-state index contributed by atoms with van der Waals surface area (Å²) in [4.78, 5) is 5.18. The Morgan fingerprint density at radius 1 is 1.35 bits per heavy atom. The maximum absolute atomic E-state index is 6.20. The Kier molecular flexibility index (Phi) is 4.19. The first kappa shape index (κ1) is 13.0. The Labute approximate surface area is 120 Å². The molecule has 0 amide bonds. The van der Waals surface area contributed by atoms with Gasteiger partial charge < -0.3 is 10.5 Å². The summed E-state index contributed by atoms with van der Waals surface area (Å²) < 4.78 is 7.19. The first-order chi connectivity index (χ1) is 8.11. The third-order valence-corrected chi connectivity index (χ3v) is 5.64. The largest absolute Gasteiger partial charge is 0.495 e. The molecule has 2 rings (SSSR count). The van der Waals surface area contributed by atoms with Crippen molar-refractivity contribution in [1.82, 2.24) is 4.98 Å². The van der Waals surface area contributed by atoms with Gasteiger partial charge in [0.25, 0.3) is 0 Å². The van der Waals surface area contributed by atoms with Crippen LogP contribution in [0.2, 0.25) is 0 Å². The van der Waals surface area contributed by atoms with Crippen molar-refractivity contribution < 1.29 is 4.74 Å². The van der Waals surface area contributed by atoms with Crippen LogP contribution in [0.1, 0.15) is 16.5 Å². The van der Waals surface area contributed by atoms with Crippen LogP contribution in [0.15, 0.2) is 32.8 Å². The topological polar surface area (TPSA) is 48.1 Å². The highest BCUT2D eigenvalue weighted by Crippen LogP contribution is 2.36. The predicted octanol–water partition coefficient (Wildman–Crippen LogP) is 3.72. The van der Waals surface area contributed by atoms with Crippen LogP contribution in [0.25, 0.3) is 0 Å². The number of nitrogens with zero attached hydrogens (tertiary/aromatic N) is 1. The van der Waals surface area contributed by atoms with Gasteiger partial charge in [0.1, 0.15) is 5.75 Å². The van der Waals surface area contributed by atoms with E-state index in [4.69, 9.17) is 10.5 Å². The van der Waals surface area contributed by atoms with Crippen LogP contribution < -0.4 is 10.5 Å². The molecule has 0 saturated carbocycles. The van der Waals surface area contributed by atoms with Crippen molar-refractivity contribution in [2.24, 2.45) is 5.73 Å². The van der Waals surface area contributed by atoms with Gasteiger partial charge in [-0.05, 0) is 49.6 Å². The number of thiophene rings is 1. The molecular weight excluding hydrogens is 368 g/mol. The number of hydrogen-bond donors (Lipinski definition) is 1. The lowest BCUT2D eigenvalue weighted by Gasteiger charge is -2.10. The minimum Gasteiger partial charge on any atom is -0.495 e. The van der Waals surface area contributed by atoms with E-state index in [-0.39, 0.29) is 6.04 Å². The molecule has 0 aliphatic carbocycles. The molecular formula is C11H10Br2N2OS. The Morgan fingerprint density at radius 2 is 2.12 bits per heavy atom. The molecule has 0 radical (unpaired) electrons. The molecule has 0 aliphatic rings. The number of pyridine rings is 1. The molecule has 0 saturated heterocycles. The van der Waals surface area contributed by atoms with Crippen molar-refractivity contribution >= 4 is 43.2 Å². The van der Waals surface area contributed by atoms with Crippen molar-refractivity contribution in [3.8, 4) is 5.75 Å². The Bertz CT molecular complexity index is 510. The first-order valence-electron chi connectivity index (χ1n) is 4.81. The van der Waals surface area contributed by atoms with Crippen molar-refractivity contribution in [2.45, 2.75) is 6.04 Å². The van der Waals surface area contributed by atoms with Crippen LogP contribution in [-0.2, 0) is 0 Å². The van der Waals surface area contributed by atoms with E-state index in [0.717, 1.165) is 18.7 Å². The maximum Gasteiger partial charge on any atom is 0.137 e. The highest BCUT2D eigenvalue weighted by Gasteiger charge is 2.14. The number of ether oxygens (including phenoxy) is 1. The van der Waals surface area contributed by atoms with E-state index >= 15 is 0 Å². The summed E-state index contributed by atoms with van der Waals surface area (Å²) in [5.41, 5.74) is 7.13. The number of hydrogen-bond acceptors (Lipinski definition) is 4. The van der Waals surface area contributed by atoms with Crippen LogP contribution >= 0.6 is 43.2 Å². The molecule has 0 bridgehead atoms. The van der Waals surface area contributed by atoms with E-state index in [2.05, 4.69) is 36.8 Å². The summed E-state index contributed by atoms with van der Waals surface area (Å²) in [7, 11) is 1.62. The zero-order valence-corrected chi connectivity index (χ0v) is 13.0. The molecule has 2 N–H and O–H groups in total. The molecule has 0 spiro atoms. The fraction of sp³-hybridized carbons (Fsp3) is 0.182. The second-order valence-electron chi connectivity index (χ2n) is 3.41. The Morgan fingerprint density at radius 3 is 2.71 bits per heavy atom. The van der Waals surface area contributed by atoms with E-state index in [0.29, 0.717) is 5.75 Å². The molecule has 2 aromatic rings. The third kappa shape index (κ3) is 2.88. The van der Waals surface area contributed by atoms with Crippen LogP contribution in [0.4, 0.5) is 0 Å². The lowest BCUT2D eigenvalue weighted by atomic mass is 10.1. The number of methoxy groups -OCH3 is 1. The van der Waals surface area contributed by atoms with Gasteiger partial charge in [0.15, 0.2) is 0 Å². The summed E-state index contributed by atoms with van der Waals surface area (Å²) in [6.07, 6.45) is 3.42. The zero-order valence-electron chi connectivity index (χ0n) is 8.98. The van der Waals surface area contributed by atoms with Gasteiger partial charge in [-0.2, -0.15) is 0 Å². The van der Waals surface area contributed by atoms with Gasteiger partial charge in [0, 0.05) is 15.5 Å². The van der Waals surface area contributed by atoms with Crippen molar-refractivity contribution in [3.63, 3.8) is 0 Å². The molecule has 2 aromatic heterocycles. The summed E-state index contributed by atoms with van der Waals surface area (Å²) >= 11 is 8.52. The molecule has 6 heteroatoms. The zero-order chi connectivity index (χ0) is 12.4. The molecule has 3 nitrogen and oxygen atoms in total. The Hall–Kier alpha value is -0.430. The van der Waals surface area contributed by atoms with Gasteiger partial charge in [-0.25, -0.2) is 0 Å². The lowest BCUT2D eigenvalue weighted by molar-refractivity contribution is 0.412. The Balaban J connectivity index is 2.32. The summed E-state index contributed by atoms with van der Waals surface area (Å²) in [6.45, 7) is 0. The van der Waals surface area contributed by atoms with Gasteiger partial charge >= 0.3 is 0 Å². The number of rotatable bonds is 3. The minimum absolute atomic E-state index is 0.190. The van der Waals surface area contributed by atoms with Gasteiger partial charge in [0.05, 0.1) is 23.1 Å². The number of halogens is 2. The molecule has 1 unspecified atom stereocenters. The highest BCUT2D eigenvalue weighted by atomic mass is 79.9. The quantitative estimate of drug-likeness (QED) is 0.886. The predicted molar refractivity (Wildman–Crippen MR) is 76.5 cm³/mol. The van der Waals surface area contributed by atoms with E-state index in [1.54, 1.807) is 30.8 Å². The average molecular weight is 378 g/mol. The molecule has 2 heterocycles. The molecule has 0 fully saturated rings. The van der Waals surface area contributed by atoms with Crippen molar-refractivity contribution in [3.05, 3.63) is 43.2 Å². The van der Waals surface area contributed by atoms with Crippen LogP contribution in [0.3, 0.4) is 0 Å². The standard InChI is InChI=1S/C11H10Br2N2OS/c1-16-7-2-6(4-15-5-7)10(14)9-3-8(12)11(13)17-9/h2-5,10H,14H2,1H3. The first-order valence-corrected chi connectivity index (χ1v) is 7.21. The van der Waals surface area contributed by atoms with Crippen LogP contribution in [0.5, 0.6) is 5.75 Å². The van der Waals surface area contributed by atoms with Gasteiger partial charge in [-0.3, -0.25) is 4.98 Å². The summed E-state index contributed by atoms with van der Waals surface area (Å²) in [6, 6.07) is 3.73. The summed E-state index contributed by atoms with van der Waals surface area (Å²) in [5.74, 6) is 0.715. The summed E-state index contributed by atoms with van der Waals surface area (Å²) in [5, 5.41) is 0. The molecule has 0 aliphatic heterocycles.